The number of hydrogen-bond donors (Lipinski definition) is 1. The van der Waals surface area contributed by atoms with Gasteiger partial charge in [0.05, 0.1) is 23.6 Å². The number of aromatic hydroxyl groups is 1. The normalized spacial score (nSPS) is 15.4. The maximum absolute atomic E-state index is 12.4. The number of halogens is 4. The second-order valence-corrected chi connectivity index (χ2v) is 8.39. The van der Waals surface area contributed by atoms with Gasteiger partial charge in [0.25, 0.3) is 0 Å². The molecule has 1 fully saturated rings. The van der Waals surface area contributed by atoms with Crippen molar-refractivity contribution in [3.63, 3.8) is 0 Å². The Morgan fingerprint density at radius 3 is 2.39 bits per heavy atom. The molecule has 2 aromatic carbocycles. The van der Waals surface area contributed by atoms with Crippen molar-refractivity contribution >= 4 is 28.1 Å². The fourth-order valence-electron chi connectivity index (χ4n) is 4.07. The molecule has 0 amide bonds. The minimum absolute atomic E-state index is 0.0153. The summed E-state index contributed by atoms with van der Waals surface area (Å²) in [5, 5.41) is 12.5. The van der Waals surface area contributed by atoms with Gasteiger partial charge in [-0.1, -0.05) is 23.7 Å². The molecule has 1 aliphatic rings. The molecule has 4 rings (SSSR count). The van der Waals surface area contributed by atoms with Crippen molar-refractivity contribution in [1.82, 2.24) is 9.47 Å². The number of rotatable bonds is 7. The Bertz CT molecular complexity index is 1090. The van der Waals surface area contributed by atoms with Crippen LogP contribution in [0.5, 0.6) is 11.6 Å². The lowest BCUT2D eigenvalue weighted by molar-refractivity contribution is -0.274. The number of hydrogen-bond acceptors (Lipinski definition) is 5. The maximum Gasteiger partial charge on any atom is 0.573 e. The lowest BCUT2D eigenvalue weighted by atomic mass is 10.1. The molecular weight excluding hydrogens is 459 g/mol. The standard InChI is InChI=1S/C23H25ClF3N3O3/c1-32-11-10-28-6-8-29(9-7-28)18-12-17-15-30(22(31)21(17)20(24)13-18)14-16-2-4-19(5-3-16)33-23(25,26)27/h2-5,12-13,15,31H,6-11,14H2,1H3. The van der Waals surface area contributed by atoms with Gasteiger partial charge in [0.2, 0.25) is 5.88 Å². The monoisotopic (exact) mass is 483 g/mol. The highest BCUT2D eigenvalue weighted by Crippen LogP contribution is 2.37. The van der Waals surface area contributed by atoms with E-state index in [9.17, 15) is 18.3 Å². The zero-order valence-corrected chi connectivity index (χ0v) is 18.9. The van der Waals surface area contributed by atoms with E-state index < -0.39 is 6.36 Å². The Morgan fingerprint density at radius 2 is 1.76 bits per heavy atom. The maximum atomic E-state index is 12.4. The number of anilines is 1. The summed E-state index contributed by atoms with van der Waals surface area (Å²) in [6, 6.07) is 9.42. The molecule has 1 aromatic heterocycles. The summed E-state index contributed by atoms with van der Waals surface area (Å²) in [5.74, 6) is -0.273. The second kappa shape index (κ2) is 9.70. The van der Waals surface area contributed by atoms with Gasteiger partial charge in [-0.3, -0.25) is 4.90 Å². The Hall–Kier alpha value is -2.62. The van der Waals surface area contributed by atoms with E-state index in [1.165, 1.54) is 24.3 Å². The van der Waals surface area contributed by atoms with E-state index >= 15 is 0 Å². The van der Waals surface area contributed by atoms with Gasteiger partial charge in [-0.2, -0.15) is 0 Å². The van der Waals surface area contributed by atoms with Gasteiger partial charge in [0.1, 0.15) is 5.75 Å². The number of fused-ring (bicyclic) bond motifs is 1. The van der Waals surface area contributed by atoms with E-state index in [0.717, 1.165) is 43.8 Å². The van der Waals surface area contributed by atoms with Gasteiger partial charge in [0.15, 0.2) is 0 Å². The summed E-state index contributed by atoms with van der Waals surface area (Å²) < 4.78 is 47.7. The van der Waals surface area contributed by atoms with Crippen molar-refractivity contribution in [3.8, 4) is 11.6 Å². The molecule has 1 N–H and O–H groups in total. The number of methoxy groups -OCH3 is 1. The van der Waals surface area contributed by atoms with Crippen molar-refractivity contribution in [2.24, 2.45) is 0 Å². The predicted octanol–water partition coefficient (Wildman–Crippen LogP) is 4.72. The van der Waals surface area contributed by atoms with Crippen molar-refractivity contribution in [3.05, 3.63) is 53.2 Å². The van der Waals surface area contributed by atoms with Gasteiger partial charge in [0, 0.05) is 57.1 Å². The first kappa shape index (κ1) is 23.5. The van der Waals surface area contributed by atoms with Crippen LogP contribution in [-0.4, -0.2) is 67.4 Å². The first-order valence-electron chi connectivity index (χ1n) is 10.6. The minimum atomic E-state index is -4.73. The smallest absolute Gasteiger partial charge is 0.494 e. The van der Waals surface area contributed by atoms with Crippen molar-refractivity contribution in [1.29, 1.82) is 0 Å². The number of nitrogens with zero attached hydrogens (tertiary/aromatic N) is 3. The van der Waals surface area contributed by atoms with Crippen LogP contribution < -0.4 is 9.64 Å². The topological polar surface area (TPSA) is 50.1 Å². The number of alkyl halides is 3. The second-order valence-electron chi connectivity index (χ2n) is 7.99. The fourth-order valence-corrected chi connectivity index (χ4v) is 4.38. The van der Waals surface area contributed by atoms with Crippen LogP contribution in [0.15, 0.2) is 42.6 Å². The third kappa shape index (κ3) is 5.66. The van der Waals surface area contributed by atoms with Crippen LogP contribution in [0.4, 0.5) is 18.9 Å². The third-order valence-corrected chi connectivity index (χ3v) is 6.05. The van der Waals surface area contributed by atoms with Crippen LogP contribution >= 0.6 is 11.6 Å². The predicted molar refractivity (Wildman–Crippen MR) is 121 cm³/mol. The highest BCUT2D eigenvalue weighted by molar-refractivity contribution is 6.36. The zero-order valence-electron chi connectivity index (χ0n) is 18.1. The molecule has 178 valence electrons. The third-order valence-electron chi connectivity index (χ3n) is 5.76. The van der Waals surface area contributed by atoms with E-state index in [-0.39, 0.29) is 18.2 Å². The molecule has 10 heteroatoms. The van der Waals surface area contributed by atoms with E-state index in [0.29, 0.717) is 22.6 Å². The summed E-state index contributed by atoms with van der Waals surface area (Å²) in [7, 11) is 1.70. The van der Waals surface area contributed by atoms with Crippen LogP contribution in [0.2, 0.25) is 5.02 Å². The average molecular weight is 484 g/mol. The highest BCUT2D eigenvalue weighted by atomic mass is 35.5. The molecule has 0 radical (unpaired) electrons. The first-order chi connectivity index (χ1) is 15.7. The quantitative estimate of drug-likeness (QED) is 0.527. The average Bonchev–Trinajstić information content (AvgIpc) is 3.08. The number of benzene rings is 2. The summed E-state index contributed by atoms with van der Waals surface area (Å²) in [6.07, 6.45) is -2.93. The molecule has 1 saturated heterocycles. The van der Waals surface area contributed by atoms with E-state index in [4.69, 9.17) is 16.3 Å². The Morgan fingerprint density at radius 1 is 1.06 bits per heavy atom. The summed E-state index contributed by atoms with van der Waals surface area (Å²) in [5.41, 5.74) is 1.70. The molecule has 6 nitrogen and oxygen atoms in total. The van der Waals surface area contributed by atoms with Gasteiger partial charge in [-0.15, -0.1) is 13.2 Å². The summed E-state index contributed by atoms with van der Waals surface area (Å²) in [6.45, 7) is 5.48. The molecule has 1 aliphatic heterocycles. The molecular formula is C23H25ClF3N3O3. The Labute approximate surface area is 194 Å². The van der Waals surface area contributed by atoms with E-state index in [2.05, 4.69) is 14.5 Å². The largest absolute Gasteiger partial charge is 0.573 e. The van der Waals surface area contributed by atoms with E-state index in [1.807, 2.05) is 12.1 Å². The molecule has 0 saturated carbocycles. The Balaban J connectivity index is 1.50. The molecule has 0 atom stereocenters. The first-order valence-corrected chi connectivity index (χ1v) is 10.9. The lowest BCUT2D eigenvalue weighted by Crippen LogP contribution is -2.47. The molecule has 3 aromatic rings. The number of piperazine rings is 1. The van der Waals surface area contributed by atoms with Gasteiger partial charge in [-0.05, 0) is 29.8 Å². The molecule has 0 spiro atoms. The number of ether oxygens (including phenoxy) is 2. The zero-order chi connectivity index (χ0) is 23.6. The molecule has 0 unspecified atom stereocenters. The Kier molecular flexibility index (Phi) is 6.92. The lowest BCUT2D eigenvalue weighted by Gasteiger charge is -2.36. The van der Waals surface area contributed by atoms with E-state index in [1.54, 1.807) is 17.9 Å². The highest BCUT2D eigenvalue weighted by Gasteiger charge is 2.31. The van der Waals surface area contributed by atoms with Crippen LogP contribution in [-0.2, 0) is 11.3 Å². The van der Waals surface area contributed by atoms with Gasteiger partial charge in [-0.25, -0.2) is 0 Å². The van der Waals surface area contributed by atoms with Crippen molar-refractivity contribution < 1.29 is 27.8 Å². The summed E-state index contributed by atoms with van der Waals surface area (Å²) >= 11 is 6.53. The van der Waals surface area contributed by atoms with Crippen LogP contribution in [0.1, 0.15) is 5.56 Å². The van der Waals surface area contributed by atoms with Gasteiger partial charge < -0.3 is 24.0 Å². The minimum Gasteiger partial charge on any atom is -0.494 e. The molecule has 2 heterocycles. The van der Waals surface area contributed by atoms with Gasteiger partial charge >= 0.3 is 6.36 Å². The SMILES string of the molecule is COCCN1CCN(c2cc(Cl)c3c(O)n(Cc4ccc(OC(F)(F)F)cc4)cc3c2)CC1. The van der Waals surface area contributed by atoms with Crippen molar-refractivity contribution in [2.45, 2.75) is 12.9 Å². The van der Waals surface area contributed by atoms with Crippen LogP contribution in [0.25, 0.3) is 10.8 Å². The van der Waals surface area contributed by atoms with Crippen LogP contribution in [0, 0.1) is 0 Å². The number of aromatic nitrogens is 1. The fraction of sp³-hybridized carbons (Fsp3) is 0.391. The summed E-state index contributed by atoms with van der Waals surface area (Å²) in [4.78, 5) is 4.62. The van der Waals surface area contributed by atoms with Crippen LogP contribution in [0.3, 0.4) is 0 Å². The molecule has 0 bridgehead atoms. The molecule has 0 aliphatic carbocycles. The molecule has 33 heavy (non-hydrogen) atoms. The van der Waals surface area contributed by atoms with Crippen molar-refractivity contribution in [2.75, 3.05) is 51.3 Å².